The first-order valence-electron chi connectivity index (χ1n) is 6.61. The lowest BCUT2D eigenvalue weighted by Crippen LogP contribution is -2.35. The molecule has 0 fully saturated rings. The summed E-state index contributed by atoms with van der Waals surface area (Å²) >= 11 is 0. The standard InChI is InChI=1S/C14H24N2O2S/c1-11(2)15-9-10-19(17,18)16-13(4)14-8-6-5-7-12(14)3/h5-8,11,13,15-16H,9-10H2,1-4H3. The topological polar surface area (TPSA) is 58.2 Å². The Balaban J connectivity index is 2.61. The number of hydrogen-bond donors (Lipinski definition) is 2. The summed E-state index contributed by atoms with van der Waals surface area (Å²) in [4.78, 5) is 0. The van der Waals surface area contributed by atoms with Crippen LogP contribution in [0.2, 0.25) is 0 Å². The molecule has 0 spiro atoms. The Bertz CT molecular complexity index is 498. The molecule has 0 amide bonds. The summed E-state index contributed by atoms with van der Waals surface area (Å²) in [5.41, 5.74) is 2.11. The Labute approximate surface area is 116 Å². The maximum Gasteiger partial charge on any atom is 0.213 e. The highest BCUT2D eigenvalue weighted by Crippen LogP contribution is 2.17. The number of benzene rings is 1. The van der Waals surface area contributed by atoms with Gasteiger partial charge in [0.2, 0.25) is 10.0 Å². The summed E-state index contributed by atoms with van der Waals surface area (Å²) < 4.78 is 26.6. The summed E-state index contributed by atoms with van der Waals surface area (Å²) in [6, 6.07) is 7.91. The van der Waals surface area contributed by atoms with Crippen LogP contribution in [0.4, 0.5) is 0 Å². The van der Waals surface area contributed by atoms with E-state index in [2.05, 4.69) is 10.0 Å². The fourth-order valence-corrected chi connectivity index (χ4v) is 3.12. The number of hydrogen-bond acceptors (Lipinski definition) is 3. The highest BCUT2D eigenvalue weighted by Gasteiger charge is 2.16. The van der Waals surface area contributed by atoms with Gasteiger partial charge >= 0.3 is 0 Å². The number of nitrogens with one attached hydrogen (secondary N) is 2. The van der Waals surface area contributed by atoms with Crippen molar-refractivity contribution >= 4 is 10.0 Å². The molecule has 5 heteroatoms. The quantitative estimate of drug-likeness (QED) is 0.805. The maximum absolute atomic E-state index is 12.0. The molecule has 2 N–H and O–H groups in total. The van der Waals surface area contributed by atoms with Crippen molar-refractivity contribution in [2.24, 2.45) is 0 Å². The van der Waals surface area contributed by atoms with Crippen molar-refractivity contribution in [2.75, 3.05) is 12.3 Å². The maximum atomic E-state index is 12.0. The Morgan fingerprint density at radius 2 is 1.79 bits per heavy atom. The van der Waals surface area contributed by atoms with Gasteiger partial charge in [-0.1, -0.05) is 38.1 Å². The molecule has 4 nitrogen and oxygen atoms in total. The molecule has 0 aliphatic heterocycles. The van der Waals surface area contributed by atoms with Gasteiger partial charge in [0.25, 0.3) is 0 Å². The van der Waals surface area contributed by atoms with E-state index in [0.29, 0.717) is 12.6 Å². The molecule has 1 atom stereocenters. The molecule has 0 aromatic heterocycles. The van der Waals surface area contributed by atoms with E-state index in [-0.39, 0.29) is 11.8 Å². The molecule has 0 heterocycles. The van der Waals surface area contributed by atoms with E-state index in [1.807, 2.05) is 52.0 Å². The van der Waals surface area contributed by atoms with Crippen molar-refractivity contribution in [3.05, 3.63) is 35.4 Å². The minimum Gasteiger partial charge on any atom is -0.313 e. The average molecular weight is 284 g/mol. The first-order valence-corrected chi connectivity index (χ1v) is 8.26. The van der Waals surface area contributed by atoms with Crippen molar-refractivity contribution in [1.82, 2.24) is 10.0 Å². The molecule has 0 saturated heterocycles. The third-order valence-electron chi connectivity index (χ3n) is 2.93. The molecular weight excluding hydrogens is 260 g/mol. The number of rotatable bonds is 7. The van der Waals surface area contributed by atoms with Crippen molar-refractivity contribution in [3.8, 4) is 0 Å². The fraction of sp³-hybridized carbons (Fsp3) is 0.571. The van der Waals surface area contributed by atoms with E-state index >= 15 is 0 Å². The second-order valence-corrected chi connectivity index (χ2v) is 7.00. The minimum atomic E-state index is -3.25. The summed E-state index contributed by atoms with van der Waals surface area (Å²) in [7, 11) is -3.25. The minimum absolute atomic E-state index is 0.0986. The van der Waals surface area contributed by atoms with Crippen LogP contribution >= 0.6 is 0 Å². The number of sulfonamides is 1. The van der Waals surface area contributed by atoms with E-state index in [9.17, 15) is 8.42 Å². The molecule has 19 heavy (non-hydrogen) atoms. The van der Waals surface area contributed by atoms with E-state index in [1.54, 1.807) is 0 Å². The molecule has 0 aliphatic rings. The monoisotopic (exact) mass is 284 g/mol. The molecule has 0 aliphatic carbocycles. The summed E-state index contributed by atoms with van der Waals surface area (Å²) in [6.07, 6.45) is 0. The zero-order valence-corrected chi connectivity index (χ0v) is 12.9. The zero-order valence-electron chi connectivity index (χ0n) is 12.1. The SMILES string of the molecule is Cc1ccccc1C(C)NS(=O)(=O)CCNC(C)C. The van der Waals surface area contributed by atoms with Gasteiger partial charge in [0.05, 0.1) is 5.75 Å². The smallest absolute Gasteiger partial charge is 0.213 e. The van der Waals surface area contributed by atoms with Gasteiger partial charge in [0.15, 0.2) is 0 Å². The molecule has 1 aromatic carbocycles. The Kier molecular flexibility index (Phi) is 5.97. The van der Waals surface area contributed by atoms with Crippen LogP contribution < -0.4 is 10.0 Å². The third kappa shape index (κ3) is 5.72. The highest BCUT2D eigenvalue weighted by atomic mass is 32.2. The Morgan fingerprint density at radius 1 is 1.16 bits per heavy atom. The molecule has 0 saturated carbocycles. The van der Waals surface area contributed by atoms with Crippen molar-refractivity contribution < 1.29 is 8.42 Å². The van der Waals surface area contributed by atoms with Gasteiger partial charge in [-0.05, 0) is 25.0 Å². The van der Waals surface area contributed by atoms with Gasteiger partial charge < -0.3 is 5.32 Å². The molecule has 0 bridgehead atoms. The molecular formula is C14H24N2O2S. The lowest BCUT2D eigenvalue weighted by molar-refractivity contribution is 0.555. The van der Waals surface area contributed by atoms with Crippen molar-refractivity contribution in [1.29, 1.82) is 0 Å². The van der Waals surface area contributed by atoms with Crippen LogP contribution in [-0.2, 0) is 10.0 Å². The lowest BCUT2D eigenvalue weighted by Gasteiger charge is -2.17. The highest BCUT2D eigenvalue weighted by molar-refractivity contribution is 7.89. The Morgan fingerprint density at radius 3 is 2.37 bits per heavy atom. The van der Waals surface area contributed by atoms with Crippen LogP contribution in [-0.4, -0.2) is 26.8 Å². The summed E-state index contributed by atoms with van der Waals surface area (Å²) in [5.74, 6) is 0.0986. The second-order valence-electron chi connectivity index (χ2n) is 5.12. The average Bonchev–Trinajstić information content (AvgIpc) is 2.27. The van der Waals surface area contributed by atoms with Gasteiger partial charge in [-0.25, -0.2) is 13.1 Å². The molecule has 108 valence electrons. The zero-order chi connectivity index (χ0) is 14.5. The van der Waals surface area contributed by atoms with Gasteiger partial charge in [0, 0.05) is 18.6 Å². The normalized spacial score (nSPS) is 13.7. The van der Waals surface area contributed by atoms with Crippen LogP contribution in [0.25, 0.3) is 0 Å². The number of aryl methyl sites for hydroxylation is 1. The van der Waals surface area contributed by atoms with Crippen LogP contribution in [0.3, 0.4) is 0 Å². The van der Waals surface area contributed by atoms with Gasteiger partial charge in [-0.2, -0.15) is 0 Å². The second kappa shape index (κ2) is 7.03. The van der Waals surface area contributed by atoms with Crippen LogP contribution in [0.15, 0.2) is 24.3 Å². The van der Waals surface area contributed by atoms with Crippen LogP contribution in [0.5, 0.6) is 0 Å². The van der Waals surface area contributed by atoms with Gasteiger partial charge in [-0.15, -0.1) is 0 Å². The largest absolute Gasteiger partial charge is 0.313 e. The first kappa shape index (κ1) is 16.1. The molecule has 0 radical (unpaired) electrons. The van der Waals surface area contributed by atoms with Crippen LogP contribution in [0, 0.1) is 6.92 Å². The van der Waals surface area contributed by atoms with E-state index < -0.39 is 10.0 Å². The van der Waals surface area contributed by atoms with E-state index in [1.165, 1.54) is 0 Å². The molecule has 1 unspecified atom stereocenters. The predicted octanol–water partition coefficient (Wildman–Crippen LogP) is 1.97. The lowest BCUT2D eigenvalue weighted by atomic mass is 10.0. The van der Waals surface area contributed by atoms with Gasteiger partial charge in [0.1, 0.15) is 0 Å². The fourth-order valence-electron chi connectivity index (χ4n) is 1.95. The van der Waals surface area contributed by atoms with Crippen molar-refractivity contribution in [2.45, 2.75) is 39.8 Å². The molecule has 1 rings (SSSR count). The Hall–Kier alpha value is -0.910. The summed E-state index contributed by atoms with van der Waals surface area (Å²) in [5, 5.41) is 3.11. The first-order chi connectivity index (χ1) is 8.82. The van der Waals surface area contributed by atoms with Crippen molar-refractivity contribution in [3.63, 3.8) is 0 Å². The third-order valence-corrected chi connectivity index (χ3v) is 4.39. The summed E-state index contributed by atoms with van der Waals surface area (Å²) in [6.45, 7) is 8.32. The van der Waals surface area contributed by atoms with Crippen LogP contribution in [0.1, 0.15) is 37.9 Å². The predicted molar refractivity (Wildman–Crippen MR) is 79.7 cm³/mol. The van der Waals surface area contributed by atoms with E-state index in [0.717, 1.165) is 11.1 Å². The van der Waals surface area contributed by atoms with Gasteiger partial charge in [-0.3, -0.25) is 0 Å². The van der Waals surface area contributed by atoms with E-state index in [4.69, 9.17) is 0 Å². The molecule has 1 aromatic rings.